The van der Waals surface area contributed by atoms with E-state index in [2.05, 4.69) is 68.4 Å². The molecule has 0 saturated heterocycles. The quantitative estimate of drug-likeness (QED) is 0.458. The second-order valence-corrected chi connectivity index (χ2v) is 6.11. The molecule has 1 heteroatoms. The molecule has 0 saturated carbocycles. The summed E-state index contributed by atoms with van der Waals surface area (Å²) in [5, 5.41) is 15.3. The SMILES string of the molecule is Cc1ccc2ccccc2c1-c1c(O)ccc2cccc(C)c12. The predicted molar refractivity (Wildman–Crippen MR) is 98.0 cm³/mol. The Morgan fingerprint density at radius 1 is 0.609 bits per heavy atom. The van der Waals surface area contributed by atoms with E-state index in [0.29, 0.717) is 5.75 Å². The average molecular weight is 298 g/mol. The Labute approximate surface area is 135 Å². The fourth-order valence-electron chi connectivity index (χ4n) is 3.52. The van der Waals surface area contributed by atoms with Crippen molar-refractivity contribution in [1.82, 2.24) is 0 Å². The number of phenolic OH excluding ortho intramolecular Hbond substituents is 1. The Hall–Kier alpha value is -2.80. The van der Waals surface area contributed by atoms with E-state index in [1.807, 2.05) is 6.07 Å². The van der Waals surface area contributed by atoms with Gasteiger partial charge in [-0.25, -0.2) is 0 Å². The molecule has 0 amide bonds. The third-order valence-electron chi connectivity index (χ3n) is 4.62. The van der Waals surface area contributed by atoms with Crippen molar-refractivity contribution in [2.45, 2.75) is 13.8 Å². The van der Waals surface area contributed by atoms with Gasteiger partial charge >= 0.3 is 0 Å². The lowest BCUT2D eigenvalue weighted by Gasteiger charge is -2.16. The second kappa shape index (κ2) is 5.13. The molecule has 0 aliphatic heterocycles. The number of aryl methyl sites for hydroxylation is 2. The maximum Gasteiger partial charge on any atom is 0.124 e. The normalized spacial score (nSPS) is 11.2. The van der Waals surface area contributed by atoms with E-state index in [1.165, 1.54) is 21.9 Å². The molecular formula is C22H18O. The lowest BCUT2D eigenvalue weighted by molar-refractivity contribution is 0.478. The molecular weight excluding hydrogens is 280 g/mol. The Morgan fingerprint density at radius 2 is 1.35 bits per heavy atom. The van der Waals surface area contributed by atoms with Crippen LogP contribution in [0.4, 0.5) is 0 Å². The third kappa shape index (κ3) is 2.08. The Balaban J connectivity index is 2.24. The molecule has 0 fully saturated rings. The van der Waals surface area contributed by atoms with Crippen LogP contribution in [0.25, 0.3) is 32.7 Å². The minimum Gasteiger partial charge on any atom is -0.507 e. The minimum absolute atomic E-state index is 0.339. The summed E-state index contributed by atoms with van der Waals surface area (Å²) in [6.07, 6.45) is 0. The van der Waals surface area contributed by atoms with Gasteiger partial charge in [0.2, 0.25) is 0 Å². The third-order valence-corrected chi connectivity index (χ3v) is 4.62. The van der Waals surface area contributed by atoms with Gasteiger partial charge < -0.3 is 5.11 Å². The van der Waals surface area contributed by atoms with E-state index in [9.17, 15) is 5.11 Å². The molecule has 112 valence electrons. The first kappa shape index (κ1) is 13.8. The zero-order valence-corrected chi connectivity index (χ0v) is 13.3. The van der Waals surface area contributed by atoms with Crippen LogP contribution in [0.1, 0.15) is 11.1 Å². The van der Waals surface area contributed by atoms with Crippen LogP contribution in [0.3, 0.4) is 0 Å². The van der Waals surface area contributed by atoms with E-state index in [-0.39, 0.29) is 0 Å². The number of fused-ring (bicyclic) bond motifs is 2. The van der Waals surface area contributed by atoms with Gasteiger partial charge in [-0.15, -0.1) is 0 Å². The lowest BCUT2D eigenvalue weighted by atomic mass is 9.88. The Morgan fingerprint density at radius 3 is 2.22 bits per heavy atom. The van der Waals surface area contributed by atoms with Crippen molar-refractivity contribution in [3.8, 4) is 16.9 Å². The molecule has 0 aliphatic rings. The molecule has 0 radical (unpaired) electrons. The molecule has 0 spiro atoms. The highest BCUT2D eigenvalue weighted by molar-refractivity contribution is 6.09. The highest BCUT2D eigenvalue weighted by atomic mass is 16.3. The summed E-state index contributed by atoms with van der Waals surface area (Å²) >= 11 is 0. The van der Waals surface area contributed by atoms with Crippen LogP contribution in [-0.4, -0.2) is 5.11 Å². The topological polar surface area (TPSA) is 20.2 Å². The summed E-state index contributed by atoms with van der Waals surface area (Å²) < 4.78 is 0. The van der Waals surface area contributed by atoms with E-state index in [1.54, 1.807) is 6.07 Å². The molecule has 4 aromatic carbocycles. The van der Waals surface area contributed by atoms with Crippen molar-refractivity contribution in [2.24, 2.45) is 0 Å². The molecule has 4 rings (SSSR count). The fraction of sp³-hybridized carbons (Fsp3) is 0.0909. The summed E-state index contributed by atoms with van der Waals surface area (Å²) in [5.41, 5.74) is 4.42. The van der Waals surface area contributed by atoms with Gasteiger partial charge in [-0.3, -0.25) is 0 Å². The molecule has 23 heavy (non-hydrogen) atoms. The van der Waals surface area contributed by atoms with Crippen LogP contribution in [0.15, 0.2) is 66.7 Å². The van der Waals surface area contributed by atoms with E-state index < -0.39 is 0 Å². The molecule has 1 N–H and O–H groups in total. The summed E-state index contributed by atoms with van der Waals surface area (Å²) in [4.78, 5) is 0. The Kier molecular flexibility index (Phi) is 3.09. The number of rotatable bonds is 1. The van der Waals surface area contributed by atoms with Gasteiger partial charge in [0, 0.05) is 5.56 Å². The molecule has 0 atom stereocenters. The van der Waals surface area contributed by atoms with Crippen LogP contribution in [0.2, 0.25) is 0 Å². The maximum absolute atomic E-state index is 10.7. The number of aromatic hydroxyl groups is 1. The zero-order valence-electron chi connectivity index (χ0n) is 13.3. The van der Waals surface area contributed by atoms with Gasteiger partial charge in [0.05, 0.1) is 0 Å². The van der Waals surface area contributed by atoms with Crippen molar-refractivity contribution in [3.63, 3.8) is 0 Å². The minimum atomic E-state index is 0.339. The van der Waals surface area contributed by atoms with Crippen LogP contribution in [0.5, 0.6) is 5.75 Å². The summed E-state index contributed by atoms with van der Waals surface area (Å²) in [7, 11) is 0. The van der Waals surface area contributed by atoms with Crippen molar-refractivity contribution in [1.29, 1.82) is 0 Å². The number of hydrogen-bond donors (Lipinski definition) is 1. The highest BCUT2D eigenvalue weighted by Crippen LogP contribution is 2.42. The molecule has 4 aromatic rings. The second-order valence-electron chi connectivity index (χ2n) is 6.11. The number of phenols is 1. The zero-order chi connectivity index (χ0) is 16.0. The van der Waals surface area contributed by atoms with Gasteiger partial charge in [0.1, 0.15) is 5.75 Å². The van der Waals surface area contributed by atoms with Crippen molar-refractivity contribution < 1.29 is 5.11 Å². The fourth-order valence-corrected chi connectivity index (χ4v) is 3.52. The van der Waals surface area contributed by atoms with Crippen molar-refractivity contribution >= 4 is 21.5 Å². The number of benzene rings is 4. The molecule has 0 aliphatic carbocycles. The molecule has 1 nitrogen and oxygen atoms in total. The van der Waals surface area contributed by atoms with E-state index in [4.69, 9.17) is 0 Å². The first-order valence-corrected chi connectivity index (χ1v) is 7.87. The van der Waals surface area contributed by atoms with Gasteiger partial charge in [0.15, 0.2) is 0 Å². The van der Waals surface area contributed by atoms with Gasteiger partial charge in [-0.05, 0) is 58.1 Å². The molecule has 0 unspecified atom stereocenters. The van der Waals surface area contributed by atoms with Gasteiger partial charge in [-0.2, -0.15) is 0 Å². The Bertz CT molecular complexity index is 1040. The monoisotopic (exact) mass is 298 g/mol. The van der Waals surface area contributed by atoms with Crippen LogP contribution in [-0.2, 0) is 0 Å². The molecule has 0 bridgehead atoms. The molecule has 0 aromatic heterocycles. The van der Waals surface area contributed by atoms with Gasteiger partial charge in [0.25, 0.3) is 0 Å². The van der Waals surface area contributed by atoms with Crippen molar-refractivity contribution in [2.75, 3.05) is 0 Å². The number of hydrogen-bond acceptors (Lipinski definition) is 1. The van der Waals surface area contributed by atoms with Gasteiger partial charge in [-0.1, -0.05) is 60.7 Å². The molecule has 0 heterocycles. The largest absolute Gasteiger partial charge is 0.507 e. The average Bonchev–Trinajstić information content (AvgIpc) is 2.56. The standard InChI is InChI=1S/C22H18O/c1-14-6-5-8-17-12-13-19(23)22(20(14)17)21-15(2)10-11-16-7-3-4-9-18(16)21/h3-13,23H,1-2H3. The van der Waals surface area contributed by atoms with Crippen molar-refractivity contribution in [3.05, 3.63) is 77.9 Å². The summed E-state index contributed by atoms with van der Waals surface area (Å²) in [5.74, 6) is 0.339. The summed E-state index contributed by atoms with van der Waals surface area (Å²) in [6, 6.07) is 22.7. The van der Waals surface area contributed by atoms with Crippen LogP contribution >= 0.6 is 0 Å². The van der Waals surface area contributed by atoms with E-state index in [0.717, 1.165) is 21.9 Å². The maximum atomic E-state index is 10.7. The first-order valence-electron chi connectivity index (χ1n) is 7.87. The lowest BCUT2D eigenvalue weighted by Crippen LogP contribution is -1.90. The predicted octanol–water partition coefficient (Wildman–Crippen LogP) is 5.98. The van der Waals surface area contributed by atoms with Crippen LogP contribution < -0.4 is 0 Å². The van der Waals surface area contributed by atoms with E-state index >= 15 is 0 Å². The smallest absolute Gasteiger partial charge is 0.124 e. The highest BCUT2D eigenvalue weighted by Gasteiger charge is 2.15. The van der Waals surface area contributed by atoms with Crippen LogP contribution in [0, 0.1) is 13.8 Å². The first-order chi connectivity index (χ1) is 11.2. The summed E-state index contributed by atoms with van der Waals surface area (Å²) in [6.45, 7) is 4.21.